The first-order valence-corrected chi connectivity index (χ1v) is 4.04. The minimum Gasteiger partial charge on any atom is -0.362 e. The van der Waals surface area contributed by atoms with Gasteiger partial charge in [0.2, 0.25) is 0 Å². The predicted octanol–water partition coefficient (Wildman–Crippen LogP) is 0.428. The van der Waals surface area contributed by atoms with Gasteiger partial charge in [-0.15, -0.1) is 0 Å². The van der Waals surface area contributed by atoms with E-state index in [9.17, 15) is 26.3 Å². The second-order valence-corrected chi connectivity index (χ2v) is 3.20. The lowest BCUT2D eigenvalue weighted by molar-refractivity contribution is -0.169. The molecule has 0 aliphatic rings. The van der Waals surface area contributed by atoms with E-state index >= 15 is 0 Å². The van der Waals surface area contributed by atoms with Crippen LogP contribution in [-0.4, -0.2) is 30.6 Å². The quantitative estimate of drug-likeness (QED) is 0.376. The number of nitrogens with two attached hydrogens (primary N) is 1. The SMILES string of the molecule is NC(=O)C(F)(F)F.O=S(=O)(O)C(F)(F)F. The molecule has 0 aliphatic carbocycles. The molecule has 0 fully saturated rings. The summed E-state index contributed by atoms with van der Waals surface area (Å²) in [6.45, 7) is 0. The fraction of sp³-hybridized carbons (Fsp3) is 0.667. The van der Waals surface area contributed by atoms with Gasteiger partial charge in [-0.05, 0) is 0 Å². The fourth-order valence-electron chi connectivity index (χ4n) is 0. The van der Waals surface area contributed by atoms with Crippen LogP contribution in [-0.2, 0) is 14.9 Å². The van der Waals surface area contributed by atoms with E-state index in [-0.39, 0.29) is 0 Å². The lowest BCUT2D eigenvalue weighted by Crippen LogP contribution is -2.30. The van der Waals surface area contributed by atoms with Gasteiger partial charge < -0.3 is 5.73 Å². The molecule has 92 valence electrons. The lowest BCUT2D eigenvalue weighted by atomic mass is 10.6. The van der Waals surface area contributed by atoms with Crippen LogP contribution >= 0.6 is 0 Å². The van der Waals surface area contributed by atoms with Crippen LogP contribution in [0.5, 0.6) is 0 Å². The van der Waals surface area contributed by atoms with E-state index < -0.39 is 27.7 Å². The third-order valence-corrected chi connectivity index (χ3v) is 1.16. The molecule has 12 heteroatoms. The summed E-state index contributed by atoms with van der Waals surface area (Å²) in [5.74, 6) is -2.26. The Kier molecular flexibility index (Phi) is 5.08. The molecule has 0 saturated heterocycles. The van der Waals surface area contributed by atoms with E-state index in [0.29, 0.717) is 0 Å². The number of hydrogen-bond donors (Lipinski definition) is 2. The number of rotatable bonds is 0. The number of alkyl halides is 6. The zero-order chi connectivity index (χ0) is 13.1. The van der Waals surface area contributed by atoms with Gasteiger partial charge in [0.1, 0.15) is 0 Å². The maximum Gasteiger partial charge on any atom is 0.522 e. The molecule has 1 amide bonds. The Morgan fingerprint density at radius 3 is 1.20 bits per heavy atom. The molecule has 0 rings (SSSR count). The van der Waals surface area contributed by atoms with Crippen LogP contribution in [0.15, 0.2) is 0 Å². The summed E-state index contributed by atoms with van der Waals surface area (Å²) >= 11 is 0. The minimum absolute atomic E-state index is 2.26. The predicted molar refractivity (Wildman–Crippen MR) is 32.9 cm³/mol. The molecule has 0 bridgehead atoms. The summed E-state index contributed by atoms with van der Waals surface area (Å²) in [5.41, 5.74) is -1.73. The molecular formula is C3H3F6NO4S. The first kappa shape index (κ1) is 16.4. The van der Waals surface area contributed by atoms with Gasteiger partial charge in [0, 0.05) is 0 Å². The highest BCUT2D eigenvalue weighted by molar-refractivity contribution is 7.86. The number of carbonyl (C=O) groups is 1. The van der Waals surface area contributed by atoms with Gasteiger partial charge in [-0.25, -0.2) is 0 Å². The van der Waals surface area contributed by atoms with Gasteiger partial charge in [-0.3, -0.25) is 9.35 Å². The molecule has 0 aromatic heterocycles. The zero-order valence-corrected chi connectivity index (χ0v) is 7.24. The highest BCUT2D eigenvalue weighted by Gasteiger charge is 2.44. The summed E-state index contributed by atoms with van der Waals surface area (Å²) < 4.78 is 89.7. The van der Waals surface area contributed by atoms with Gasteiger partial charge in [0.15, 0.2) is 0 Å². The van der Waals surface area contributed by atoms with Crippen molar-refractivity contribution in [3.8, 4) is 0 Å². The smallest absolute Gasteiger partial charge is 0.362 e. The maximum atomic E-state index is 10.7. The van der Waals surface area contributed by atoms with Crippen molar-refractivity contribution in [1.82, 2.24) is 0 Å². The molecule has 0 atom stereocenters. The third kappa shape index (κ3) is 7.99. The largest absolute Gasteiger partial charge is 0.522 e. The highest BCUT2D eigenvalue weighted by atomic mass is 32.2. The minimum atomic E-state index is -5.84. The molecule has 0 aliphatic heterocycles. The molecule has 0 radical (unpaired) electrons. The summed E-state index contributed by atoms with van der Waals surface area (Å²) in [6.07, 6.45) is -4.86. The molecule has 0 aromatic rings. The molecular weight excluding hydrogens is 260 g/mol. The van der Waals surface area contributed by atoms with E-state index in [1.807, 2.05) is 0 Å². The molecule has 0 aromatic carbocycles. The Bertz CT molecular complexity index is 314. The van der Waals surface area contributed by atoms with E-state index in [1.165, 1.54) is 0 Å². The van der Waals surface area contributed by atoms with Crippen molar-refractivity contribution in [3.05, 3.63) is 0 Å². The highest BCUT2D eigenvalue weighted by Crippen LogP contribution is 2.20. The molecule has 0 saturated carbocycles. The standard InChI is InChI=1S/C2H2F3NO.CHF3O3S/c3-2(4,5)1(6)7;2-1(3,4)8(5,6)7/h(H2,6,7);(H,5,6,7). The Labute approximate surface area is 78.6 Å². The van der Waals surface area contributed by atoms with E-state index in [2.05, 4.69) is 5.73 Å². The van der Waals surface area contributed by atoms with Crippen molar-refractivity contribution < 1.29 is 44.1 Å². The molecule has 0 heterocycles. The Hall–Kier alpha value is -1.04. The van der Waals surface area contributed by atoms with Crippen LogP contribution in [0.25, 0.3) is 0 Å². The van der Waals surface area contributed by atoms with Crippen molar-refractivity contribution in [1.29, 1.82) is 0 Å². The van der Waals surface area contributed by atoms with Gasteiger partial charge in [0.25, 0.3) is 0 Å². The first-order chi connectivity index (χ1) is 6.19. The number of halogens is 6. The van der Waals surface area contributed by atoms with E-state index in [0.717, 1.165) is 0 Å². The Morgan fingerprint density at radius 1 is 1.07 bits per heavy atom. The lowest BCUT2D eigenvalue weighted by Gasteiger charge is -1.97. The van der Waals surface area contributed by atoms with Gasteiger partial charge >= 0.3 is 27.7 Å². The second-order valence-electron chi connectivity index (χ2n) is 1.78. The number of amides is 1. The molecule has 0 unspecified atom stereocenters. The monoisotopic (exact) mass is 263 g/mol. The zero-order valence-electron chi connectivity index (χ0n) is 6.43. The normalized spacial score (nSPS) is 12.7. The van der Waals surface area contributed by atoms with E-state index in [4.69, 9.17) is 17.8 Å². The summed E-state index contributed by atoms with van der Waals surface area (Å²) in [5, 5.41) is 0. The van der Waals surface area contributed by atoms with Crippen LogP contribution in [0.2, 0.25) is 0 Å². The third-order valence-electron chi connectivity index (χ3n) is 0.572. The van der Waals surface area contributed by atoms with Crippen molar-refractivity contribution in [2.24, 2.45) is 5.73 Å². The number of hydrogen-bond acceptors (Lipinski definition) is 3. The Morgan fingerprint density at radius 2 is 1.20 bits per heavy atom. The van der Waals surface area contributed by atoms with Gasteiger partial charge in [-0.2, -0.15) is 34.8 Å². The topological polar surface area (TPSA) is 97.5 Å². The van der Waals surface area contributed by atoms with Crippen LogP contribution in [0.1, 0.15) is 0 Å². The van der Waals surface area contributed by atoms with Crippen LogP contribution in [0.3, 0.4) is 0 Å². The number of carbonyl (C=O) groups excluding carboxylic acids is 1. The van der Waals surface area contributed by atoms with Gasteiger partial charge in [0.05, 0.1) is 0 Å². The van der Waals surface area contributed by atoms with Gasteiger partial charge in [-0.1, -0.05) is 0 Å². The summed E-state index contributed by atoms with van der Waals surface area (Å²) in [6, 6.07) is 0. The molecule has 0 spiro atoms. The van der Waals surface area contributed by atoms with Crippen LogP contribution in [0, 0.1) is 0 Å². The van der Waals surface area contributed by atoms with Crippen molar-refractivity contribution in [2.45, 2.75) is 11.7 Å². The van der Waals surface area contributed by atoms with Crippen LogP contribution in [0.4, 0.5) is 26.3 Å². The fourth-order valence-corrected chi connectivity index (χ4v) is 0. The van der Waals surface area contributed by atoms with Crippen molar-refractivity contribution >= 4 is 16.0 Å². The molecule has 5 nitrogen and oxygen atoms in total. The summed E-state index contributed by atoms with van der Waals surface area (Å²) in [4.78, 5) is 9.12. The summed E-state index contributed by atoms with van der Waals surface area (Å²) in [7, 11) is -5.84. The Balaban J connectivity index is 0. The van der Waals surface area contributed by atoms with E-state index in [1.54, 1.807) is 0 Å². The van der Waals surface area contributed by atoms with Crippen LogP contribution < -0.4 is 5.73 Å². The molecule has 15 heavy (non-hydrogen) atoms. The maximum absolute atomic E-state index is 10.7. The van der Waals surface area contributed by atoms with Crippen molar-refractivity contribution in [3.63, 3.8) is 0 Å². The average molecular weight is 263 g/mol. The average Bonchev–Trinajstić information content (AvgIpc) is 1.80. The first-order valence-electron chi connectivity index (χ1n) is 2.60. The second kappa shape index (κ2) is 4.65. The molecule has 3 N–H and O–H groups in total. The van der Waals surface area contributed by atoms with Crippen molar-refractivity contribution in [2.75, 3.05) is 0 Å². The number of primary amides is 1.